The Kier molecular flexibility index (Phi) is 4.43. The molecule has 2 atom stereocenters. The van der Waals surface area contributed by atoms with Crippen LogP contribution in [0.3, 0.4) is 0 Å². The number of rotatable bonds is 4. The van der Waals surface area contributed by atoms with Crippen LogP contribution in [0.25, 0.3) is 0 Å². The van der Waals surface area contributed by atoms with E-state index < -0.39 is 0 Å². The first-order valence-corrected chi connectivity index (χ1v) is 6.31. The van der Waals surface area contributed by atoms with Crippen LogP contribution in [0, 0.1) is 5.92 Å². The van der Waals surface area contributed by atoms with Crippen LogP contribution in [0.2, 0.25) is 0 Å². The van der Waals surface area contributed by atoms with E-state index in [1.807, 2.05) is 0 Å². The minimum Gasteiger partial charge on any atom is -0.309 e. The summed E-state index contributed by atoms with van der Waals surface area (Å²) < 4.78 is 0. The molecule has 0 saturated heterocycles. The summed E-state index contributed by atoms with van der Waals surface area (Å²) in [5, 5.41) is 3.83. The minimum atomic E-state index is 0.344. The molecular formula is C13H27N. The topological polar surface area (TPSA) is 12.0 Å². The predicted octanol–water partition coefficient (Wildman–Crippen LogP) is 3.73. The van der Waals surface area contributed by atoms with Crippen LogP contribution < -0.4 is 5.32 Å². The molecule has 0 aliphatic heterocycles. The highest BCUT2D eigenvalue weighted by Crippen LogP contribution is 2.25. The minimum absolute atomic E-state index is 0.344. The third-order valence-corrected chi connectivity index (χ3v) is 3.41. The fourth-order valence-electron chi connectivity index (χ4n) is 2.81. The van der Waals surface area contributed by atoms with Crippen molar-refractivity contribution in [1.29, 1.82) is 0 Å². The van der Waals surface area contributed by atoms with E-state index in [-0.39, 0.29) is 0 Å². The molecule has 1 rings (SSSR count). The summed E-state index contributed by atoms with van der Waals surface area (Å²) in [5.41, 5.74) is 0.344. The smallest absolute Gasteiger partial charge is 0.0127 e. The second kappa shape index (κ2) is 5.16. The molecule has 1 heteroatoms. The molecule has 1 saturated carbocycles. The van der Waals surface area contributed by atoms with Gasteiger partial charge in [-0.3, -0.25) is 0 Å². The molecule has 0 aromatic heterocycles. The molecule has 0 aromatic carbocycles. The van der Waals surface area contributed by atoms with Crippen molar-refractivity contribution in [3.8, 4) is 0 Å². The fraction of sp³-hybridized carbons (Fsp3) is 1.00. The molecular weight excluding hydrogens is 170 g/mol. The summed E-state index contributed by atoms with van der Waals surface area (Å²) in [6.07, 6.45) is 8.19. The standard InChI is InChI=1S/C13H27N/c1-5-9-13(3,4)14-12-8-6-7-11(2)10-12/h11-12,14H,5-10H2,1-4H3. The van der Waals surface area contributed by atoms with Gasteiger partial charge < -0.3 is 5.32 Å². The highest BCUT2D eigenvalue weighted by molar-refractivity contribution is 4.84. The van der Waals surface area contributed by atoms with E-state index in [2.05, 4.69) is 33.0 Å². The SMILES string of the molecule is CCCC(C)(C)NC1CCCC(C)C1. The predicted molar refractivity (Wildman–Crippen MR) is 63.5 cm³/mol. The molecule has 0 amide bonds. The maximum Gasteiger partial charge on any atom is 0.0127 e. The second-order valence-electron chi connectivity index (χ2n) is 5.75. The van der Waals surface area contributed by atoms with Gasteiger partial charge in [0.2, 0.25) is 0 Å². The van der Waals surface area contributed by atoms with Gasteiger partial charge in [-0.1, -0.05) is 33.1 Å². The Labute approximate surface area is 89.7 Å². The van der Waals surface area contributed by atoms with Crippen molar-refractivity contribution in [2.24, 2.45) is 5.92 Å². The Morgan fingerprint density at radius 1 is 1.29 bits per heavy atom. The summed E-state index contributed by atoms with van der Waals surface area (Å²) >= 11 is 0. The highest BCUT2D eigenvalue weighted by atomic mass is 15.0. The zero-order valence-electron chi connectivity index (χ0n) is 10.4. The molecule has 1 nitrogen and oxygen atoms in total. The van der Waals surface area contributed by atoms with Crippen LogP contribution in [0.5, 0.6) is 0 Å². The van der Waals surface area contributed by atoms with E-state index in [1.54, 1.807) is 0 Å². The quantitative estimate of drug-likeness (QED) is 0.724. The Morgan fingerprint density at radius 3 is 2.57 bits per heavy atom. The first-order valence-electron chi connectivity index (χ1n) is 6.31. The molecule has 1 fully saturated rings. The summed E-state index contributed by atoms with van der Waals surface area (Å²) in [4.78, 5) is 0. The summed E-state index contributed by atoms with van der Waals surface area (Å²) in [5.74, 6) is 0.929. The maximum atomic E-state index is 3.83. The van der Waals surface area contributed by atoms with Crippen LogP contribution in [0.4, 0.5) is 0 Å². The molecule has 84 valence electrons. The van der Waals surface area contributed by atoms with Crippen molar-refractivity contribution in [2.45, 2.75) is 77.8 Å². The fourth-order valence-corrected chi connectivity index (χ4v) is 2.81. The van der Waals surface area contributed by atoms with Gasteiger partial charge in [0.15, 0.2) is 0 Å². The van der Waals surface area contributed by atoms with E-state index in [0.717, 1.165) is 12.0 Å². The van der Waals surface area contributed by atoms with E-state index in [1.165, 1.54) is 38.5 Å². The van der Waals surface area contributed by atoms with Crippen molar-refractivity contribution in [2.75, 3.05) is 0 Å². The average Bonchev–Trinajstić information content (AvgIpc) is 2.02. The third kappa shape index (κ3) is 4.00. The van der Waals surface area contributed by atoms with Crippen molar-refractivity contribution < 1.29 is 0 Å². The molecule has 0 aromatic rings. The zero-order valence-corrected chi connectivity index (χ0v) is 10.4. The van der Waals surface area contributed by atoms with Gasteiger partial charge in [-0.05, 0) is 39.0 Å². The second-order valence-corrected chi connectivity index (χ2v) is 5.75. The van der Waals surface area contributed by atoms with Crippen LogP contribution in [0.15, 0.2) is 0 Å². The van der Waals surface area contributed by atoms with E-state index in [4.69, 9.17) is 0 Å². The summed E-state index contributed by atoms with van der Waals surface area (Å²) in [6, 6.07) is 0.778. The largest absolute Gasteiger partial charge is 0.309 e. The van der Waals surface area contributed by atoms with Gasteiger partial charge in [0, 0.05) is 11.6 Å². The number of nitrogens with one attached hydrogen (secondary N) is 1. The lowest BCUT2D eigenvalue weighted by Gasteiger charge is -2.35. The molecule has 0 spiro atoms. The van der Waals surface area contributed by atoms with Gasteiger partial charge in [0.1, 0.15) is 0 Å². The Balaban J connectivity index is 2.34. The lowest BCUT2D eigenvalue weighted by Crippen LogP contribution is -2.47. The number of hydrogen-bond donors (Lipinski definition) is 1. The van der Waals surface area contributed by atoms with Crippen LogP contribution >= 0.6 is 0 Å². The molecule has 1 aliphatic rings. The maximum absolute atomic E-state index is 3.83. The first-order chi connectivity index (χ1) is 6.53. The van der Waals surface area contributed by atoms with E-state index >= 15 is 0 Å². The van der Waals surface area contributed by atoms with Gasteiger partial charge in [-0.15, -0.1) is 0 Å². The Hall–Kier alpha value is -0.0400. The zero-order chi connectivity index (χ0) is 10.6. The molecule has 0 bridgehead atoms. The highest BCUT2D eigenvalue weighted by Gasteiger charge is 2.24. The molecule has 0 radical (unpaired) electrons. The van der Waals surface area contributed by atoms with Crippen molar-refractivity contribution in [3.05, 3.63) is 0 Å². The van der Waals surface area contributed by atoms with Crippen molar-refractivity contribution in [1.82, 2.24) is 5.32 Å². The van der Waals surface area contributed by atoms with Gasteiger partial charge in [-0.2, -0.15) is 0 Å². The molecule has 0 heterocycles. The average molecular weight is 197 g/mol. The normalized spacial score (nSPS) is 29.1. The van der Waals surface area contributed by atoms with Crippen LogP contribution in [0.1, 0.15) is 66.2 Å². The van der Waals surface area contributed by atoms with Crippen LogP contribution in [-0.2, 0) is 0 Å². The number of hydrogen-bond acceptors (Lipinski definition) is 1. The van der Waals surface area contributed by atoms with Crippen molar-refractivity contribution in [3.63, 3.8) is 0 Å². The third-order valence-electron chi connectivity index (χ3n) is 3.41. The molecule has 2 unspecified atom stereocenters. The molecule has 14 heavy (non-hydrogen) atoms. The Morgan fingerprint density at radius 2 is 2.00 bits per heavy atom. The Bertz CT molecular complexity index is 163. The lowest BCUT2D eigenvalue weighted by atomic mass is 9.85. The molecule has 1 N–H and O–H groups in total. The monoisotopic (exact) mass is 197 g/mol. The summed E-state index contributed by atoms with van der Waals surface area (Å²) in [6.45, 7) is 9.35. The lowest BCUT2D eigenvalue weighted by molar-refractivity contribution is 0.234. The summed E-state index contributed by atoms with van der Waals surface area (Å²) in [7, 11) is 0. The van der Waals surface area contributed by atoms with Gasteiger partial charge >= 0.3 is 0 Å². The van der Waals surface area contributed by atoms with Gasteiger partial charge in [-0.25, -0.2) is 0 Å². The van der Waals surface area contributed by atoms with E-state index in [0.29, 0.717) is 5.54 Å². The molecule has 1 aliphatic carbocycles. The van der Waals surface area contributed by atoms with Gasteiger partial charge in [0.05, 0.1) is 0 Å². The van der Waals surface area contributed by atoms with Crippen molar-refractivity contribution >= 4 is 0 Å². The first kappa shape index (κ1) is 12.0. The van der Waals surface area contributed by atoms with Gasteiger partial charge in [0.25, 0.3) is 0 Å². The van der Waals surface area contributed by atoms with Crippen LogP contribution in [-0.4, -0.2) is 11.6 Å². The van der Waals surface area contributed by atoms with E-state index in [9.17, 15) is 0 Å².